The maximum atomic E-state index is 13.1. The van der Waals surface area contributed by atoms with Crippen LogP contribution in [0.1, 0.15) is 36.0 Å². The van der Waals surface area contributed by atoms with Gasteiger partial charge in [-0.15, -0.1) is 0 Å². The summed E-state index contributed by atoms with van der Waals surface area (Å²) >= 11 is 3.21. The number of amides is 1. The van der Waals surface area contributed by atoms with Gasteiger partial charge in [0.15, 0.2) is 0 Å². The second-order valence-corrected chi connectivity index (χ2v) is 5.59. The van der Waals surface area contributed by atoms with Crippen molar-refractivity contribution in [2.75, 3.05) is 6.54 Å². The number of nitrogens with one attached hydrogen (secondary N) is 1. The summed E-state index contributed by atoms with van der Waals surface area (Å²) in [5.74, 6) is -0.829. The van der Waals surface area contributed by atoms with Crippen LogP contribution < -0.4 is 5.32 Å². The second-order valence-electron chi connectivity index (χ2n) is 4.74. The van der Waals surface area contributed by atoms with Crippen molar-refractivity contribution in [1.82, 2.24) is 5.32 Å². The van der Waals surface area contributed by atoms with Crippen LogP contribution in [-0.2, 0) is 0 Å². The third-order valence-corrected chi connectivity index (χ3v) is 3.98. The number of carbonyl (C=O) groups is 1. The Balaban J connectivity index is 2.01. The van der Waals surface area contributed by atoms with E-state index in [-0.39, 0.29) is 18.0 Å². The van der Waals surface area contributed by atoms with Gasteiger partial charge >= 0.3 is 0 Å². The average molecular weight is 316 g/mol. The molecule has 3 nitrogen and oxygen atoms in total. The summed E-state index contributed by atoms with van der Waals surface area (Å²) < 4.78 is 13.6. The summed E-state index contributed by atoms with van der Waals surface area (Å²) in [7, 11) is 0. The van der Waals surface area contributed by atoms with Crippen LogP contribution >= 0.6 is 15.9 Å². The van der Waals surface area contributed by atoms with Crippen LogP contribution in [0.15, 0.2) is 22.7 Å². The van der Waals surface area contributed by atoms with E-state index in [1.54, 1.807) is 0 Å². The Morgan fingerprint density at radius 1 is 1.44 bits per heavy atom. The molecule has 0 heterocycles. The number of rotatable bonds is 3. The third-order valence-electron chi connectivity index (χ3n) is 3.29. The minimum atomic E-state index is -0.796. The zero-order valence-corrected chi connectivity index (χ0v) is 11.5. The Morgan fingerprint density at radius 3 is 2.78 bits per heavy atom. The lowest BCUT2D eigenvalue weighted by Crippen LogP contribution is -2.40. The van der Waals surface area contributed by atoms with E-state index < -0.39 is 11.4 Å². The van der Waals surface area contributed by atoms with Gasteiger partial charge in [0.25, 0.3) is 5.91 Å². The first-order chi connectivity index (χ1) is 8.50. The lowest BCUT2D eigenvalue weighted by Gasteiger charge is -2.22. The van der Waals surface area contributed by atoms with E-state index in [0.717, 1.165) is 12.8 Å². The quantitative estimate of drug-likeness (QED) is 0.901. The van der Waals surface area contributed by atoms with Crippen molar-refractivity contribution in [3.8, 4) is 0 Å². The van der Waals surface area contributed by atoms with Crippen molar-refractivity contribution in [3.05, 3.63) is 34.1 Å². The summed E-state index contributed by atoms with van der Waals surface area (Å²) in [5.41, 5.74) is -0.549. The molecule has 1 aliphatic rings. The highest BCUT2D eigenvalue weighted by Gasteiger charge is 2.31. The molecular weight excluding hydrogens is 301 g/mol. The predicted octanol–water partition coefficient (Wildman–Crippen LogP) is 2.62. The Labute approximate surface area is 114 Å². The fourth-order valence-electron chi connectivity index (χ4n) is 2.22. The molecule has 0 atom stereocenters. The smallest absolute Gasteiger partial charge is 0.252 e. The van der Waals surface area contributed by atoms with E-state index in [9.17, 15) is 14.3 Å². The molecule has 1 aromatic rings. The van der Waals surface area contributed by atoms with Gasteiger partial charge in [0.05, 0.1) is 11.2 Å². The molecule has 2 rings (SSSR count). The molecular formula is C13H15BrFNO2. The molecule has 0 spiro atoms. The van der Waals surface area contributed by atoms with Gasteiger partial charge in [-0.2, -0.15) is 0 Å². The summed E-state index contributed by atoms with van der Waals surface area (Å²) in [6.07, 6.45) is 3.38. The lowest BCUT2D eigenvalue weighted by atomic mass is 10.0. The number of carbonyl (C=O) groups excluding carboxylic acids is 1. The van der Waals surface area contributed by atoms with Crippen LogP contribution in [0.25, 0.3) is 0 Å². The zero-order valence-electron chi connectivity index (χ0n) is 9.88. The summed E-state index contributed by atoms with van der Waals surface area (Å²) in [6.45, 7) is 0.217. The predicted molar refractivity (Wildman–Crippen MR) is 69.9 cm³/mol. The van der Waals surface area contributed by atoms with Gasteiger partial charge in [0, 0.05) is 11.0 Å². The number of halogens is 2. The molecule has 1 aromatic carbocycles. The molecule has 18 heavy (non-hydrogen) atoms. The van der Waals surface area contributed by atoms with Crippen LogP contribution in [-0.4, -0.2) is 23.2 Å². The van der Waals surface area contributed by atoms with Gasteiger partial charge in [-0.3, -0.25) is 4.79 Å². The highest BCUT2D eigenvalue weighted by Crippen LogP contribution is 2.28. The van der Waals surface area contributed by atoms with E-state index >= 15 is 0 Å². The minimum absolute atomic E-state index is 0.217. The third kappa shape index (κ3) is 3.09. The van der Waals surface area contributed by atoms with E-state index in [0.29, 0.717) is 17.3 Å². The Kier molecular flexibility index (Phi) is 4.02. The highest BCUT2D eigenvalue weighted by molar-refractivity contribution is 9.10. The van der Waals surface area contributed by atoms with Crippen LogP contribution in [0.3, 0.4) is 0 Å². The van der Waals surface area contributed by atoms with Crippen LogP contribution in [0, 0.1) is 5.82 Å². The van der Waals surface area contributed by atoms with Crippen LogP contribution in [0.5, 0.6) is 0 Å². The first kappa shape index (κ1) is 13.5. The monoisotopic (exact) mass is 315 g/mol. The van der Waals surface area contributed by atoms with Crippen LogP contribution in [0.2, 0.25) is 0 Å². The average Bonchev–Trinajstić information content (AvgIpc) is 2.77. The zero-order chi connectivity index (χ0) is 13.2. The molecule has 0 aromatic heterocycles. The summed E-state index contributed by atoms with van der Waals surface area (Å²) in [5, 5.41) is 12.8. The number of hydrogen-bond acceptors (Lipinski definition) is 2. The van der Waals surface area contributed by atoms with Crippen LogP contribution in [0.4, 0.5) is 4.39 Å². The fourth-order valence-corrected chi connectivity index (χ4v) is 2.65. The topological polar surface area (TPSA) is 49.3 Å². The minimum Gasteiger partial charge on any atom is -0.388 e. The molecule has 1 aliphatic carbocycles. The van der Waals surface area contributed by atoms with Gasteiger partial charge < -0.3 is 10.4 Å². The van der Waals surface area contributed by atoms with E-state index in [1.165, 1.54) is 18.2 Å². The fraction of sp³-hybridized carbons (Fsp3) is 0.462. The maximum Gasteiger partial charge on any atom is 0.252 e. The molecule has 0 saturated heterocycles. The molecule has 1 fully saturated rings. The van der Waals surface area contributed by atoms with Crippen molar-refractivity contribution >= 4 is 21.8 Å². The Morgan fingerprint density at radius 2 is 2.11 bits per heavy atom. The molecule has 1 saturated carbocycles. The van der Waals surface area contributed by atoms with Crippen molar-refractivity contribution in [2.24, 2.45) is 0 Å². The molecule has 98 valence electrons. The molecule has 0 bridgehead atoms. The molecule has 2 N–H and O–H groups in total. The summed E-state index contributed by atoms with van der Waals surface area (Å²) in [4.78, 5) is 11.9. The van der Waals surface area contributed by atoms with E-state index in [1.807, 2.05) is 0 Å². The van der Waals surface area contributed by atoms with Gasteiger partial charge in [-0.1, -0.05) is 12.8 Å². The number of benzene rings is 1. The van der Waals surface area contributed by atoms with Crippen molar-refractivity contribution < 1.29 is 14.3 Å². The number of aliphatic hydroxyl groups is 1. The highest BCUT2D eigenvalue weighted by atomic mass is 79.9. The largest absolute Gasteiger partial charge is 0.388 e. The van der Waals surface area contributed by atoms with E-state index in [2.05, 4.69) is 21.2 Å². The lowest BCUT2D eigenvalue weighted by molar-refractivity contribution is 0.0449. The second kappa shape index (κ2) is 5.36. The Bertz CT molecular complexity index is 458. The van der Waals surface area contributed by atoms with Crippen molar-refractivity contribution in [2.45, 2.75) is 31.3 Å². The van der Waals surface area contributed by atoms with Gasteiger partial charge in [0.2, 0.25) is 0 Å². The molecule has 5 heteroatoms. The molecule has 0 aliphatic heterocycles. The first-order valence-corrected chi connectivity index (χ1v) is 6.75. The summed E-state index contributed by atoms with van der Waals surface area (Å²) in [6, 6.07) is 3.96. The van der Waals surface area contributed by atoms with Crippen molar-refractivity contribution in [1.29, 1.82) is 0 Å². The van der Waals surface area contributed by atoms with Gasteiger partial charge in [0.1, 0.15) is 5.82 Å². The molecule has 0 radical (unpaired) electrons. The van der Waals surface area contributed by atoms with Gasteiger partial charge in [-0.05, 0) is 47.0 Å². The molecule has 1 amide bonds. The maximum absolute atomic E-state index is 13.1. The van der Waals surface area contributed by atoms with Crippen molar-refractivity contribution in [3.63, 3.8) is 0 Å². The first-order valence-electron chi connectivity index (χ1n) is 5.96. The Hall–Kier alpha value is -0.940. The number of hydrogen-bond donors (Lipinski definition) is 2. The normalized spacial score (nSPS) is 17.7. The SMILES string of the molecule is O=C(NCC1(O)CCCC1)c1cc(F)ccc1Br. The molecule has 0 unspecified atom stereocenters. The standard InChI is InChI=1S/C13H15BrFNO2/c14-11-4-3-9(15)7-10(11)12(17)16-8-13(18)5-1-2-6-13/h3-4,7,18H,1-2,5-6,8H2,(H,16,17). The van der Waals surface area contributed by atoms with Gasteiger partial charge in [-0.25, -0.2) is 4.39 Å². The van der Waals surface area contributed by atoms with E-state index in [4.69, 9.17) is 0 Å².